The van der Waals surface area contributed by atoms with Crippen LogP contribution in [0.3, 0.4) is 0 Å². The average molecular weight is 414 g/mol. The summed E-state index contributed by atoms with van der Waals surface area (Å²) in [4.78, 5) is 16.7. The summed E-state index contributed by atoms with van der Waals surface area (Å²) in [5.41, 5.74) is 3.71. The third-order valence-corrected chi connectivity index (χ3v) is 5.92. The summed E-state index contributed by atoms with van der Waals surface area (Å²) in [5.74, 6) is 0.973. The fraction of sp³-hybridized carbons (Fsp3) is 0.348. The van der Waals surface area contributed by atoms with Crippen molar-refractivity contribution in [1.29, 1.82) is 0 Å². The van der Waals surface area contributed by atoms with Gasteiger partial charge in [0.15, 0.2) is 0 Å². The Morgan fingerprint density at radius 2 is 2.07 bits per heavy atom. The van der Waals surface area contributed by atoms with Crippen LogP contribution in [0.2, 0.25) is 0 Å². The van der Waals surface area contributed by atoms with E-state index in [9.17, 15) is 13.6 Å². The van der Waals surface area contributed by atoms with Crippen LogP contribution in [0.1, 0.15) is 41.1 Å². The number of benzene rings is 2. The van der Waals surface area contributed by atoms with E-state index in [2.05, 4.69) is 4.98 Å². The minimum absolute atomic E-state index is 0.133. The number of ether oxygens (including phenoxy) is 2. The molecule has 0 saturated carbocycles. The molecular formula is C23H24F2N2O3. The summed E-state index contributed by atoms with van der Waals surface area (Å²) >= 11 is 0. The van der Waals surface area contributed by atoms with Crippen molar-refractivity contribution in [2.75, 3.05) is 20.8 Å². The Labute approximate surface area is 173 Å². The molecule has 0 saturated heterocycles. The first-order valence-corrected chi connectivity index (χ1v) is 9.89. The van der Waals surface area contributed by atoms with Crippen LogP contribution in [0.4, 0.5) is 8.78 Å². The number of methoxy groups -OCH3 is 2. The molecule has 7 heteroatoms. The highest BCUT2D eigenvalue weighted by Gasteiger charge is 2.29. The highest BCUT2D eigenvalue weighted by Crippen LogP contribution is 2.39. The Bertz CT molecular complexity index is 1060. The first-order chi connectivity index (χ1) is 14.5. The summed E-state index contributed by atoms with van der Waals surface area (Å²) in [6.45, 7) is 0.556. The molecular weight excluding hydrogens is 390 g/mol. The molecule has 5 nitrogen and oxygen atoms in total. The first-order valence-electron chi connectivity index (χ1n) is 9.89. The van der Waals surface area contributed by atoms with Gasteiger partial charge in [0, 0.05) is 23.6 Å². The minimum atomic E-state index is -2.64. The minimum Gasteiger partial charge on any atom is -0.497 e. The molecule has 1 aliphatic rings. The number of fused-ring (bicyclic) bond motifs is 2. The summed E-state index contributed by atoms with van der Waals surface area (Å²) in [6.07, 6.45) is 2.08. The molecule has 4 rings (SSSR count). The fourth-order valence-corrected chi connectivity index (χ4v) is 4.35. The highest BCUT2D eigenvalue weighted by molar-refractivity contribution is 5.84. The first kappa shape index (κ1) is 20.2. The van der Waals surface area contributed by atoms with E-state index in [1.165, 1.54) is 13.2 Å². The zero-order chi connectivity index (χ0) is 21.3. The lowest BCUT2D eigenvalue weighted by Crippen LogP contribution is -2.34. The molecule has 1 aliphatic heterocycles. The van der Waals surface area contributed by atoms with Crippen LogP contribution in [0, 0.1) is 0 Å². The average Bonchev–Trinajstić information content (AvgIpc) is 3.18. The number of hydrogen-bond donors (Lipinski definition) is 1. The number of nitrogens with one attached hydrogen (secondary N) is 1. The van der Waals surface area contributed by atoms with Gasteiger partial charge in [-0.3, -0.25) is 4.79 Å². The second-order valence-corrected chi connectivity index (χ2v) is 7.47. The monoisotopic (exact) mass is 414 g/mol. The SMILES string of the molecule is COc1ccc2[nH]cc(CCC3c4cc(C(F)F)c(OC)cc4CCN3C=O)c2c1. The van der Waals surface area contributed by atoms with E-state index < -0.39 is 6.43 Å². The van der Waals surface area contributed by atoms with Gasteiger partial charge in [0.25, 0.3) is 6.43 Å². The number of alkyl halides is 2. The molecule has 0 radical (unpaired) electrons. The molecule has 0 bridgehead atoms. The number of amides is 1. The lowest BCUT2D eigenvalue weighted by Gasteiger charge is -2.35. The van der Waals surface area contributed by atoms with Crippen LogP contribution < -0.4 is 9.47 Å². The number of nitrogens with zero attached hydrogens (tertiary/aromatic N) is 1. The molecule has 3 aromatic rings. The summed E-state index contributed by atoms with van der Waals surface area (Å²) in [7, 11) is 3.03. The Balaban J connectivity index is 1.67. The quantitative estimate of drug-likeness (QED) is 0.565. The van der Waals surface area contributed by atoms with Gasteiger partial charge in [0.2, 0.25) is 6.41 Å². The molecule has 2 heterocycles. The fourth-order valence-electron chi connectivity index (χ4n) is 4.35. The number of aryl methyl sites for hydroxylation is 1. The van der Waals surface area contributed by atoms with E-state index in [0.29, 0.717) is 25.8 Å². The Kier molecular flexibility index (Phi) is 5.61. The zero-order valence-electron chi connectivity index (χ0n) is 17.0. The van der Waals surface area contributed by atoms with E-state index in [0.717, 1.165) is 39.8 Å². The van der Waals surface area contributed by atoms with Gasteiger partial charge in [-0.25, -0.2) is 8.78 Å². The van der Waals surface area contributed by atoms with Crippen LogP contribution in [-0.2, 0) is 17.6 Å². The number of aromatic amines is 1. The van der Waals surface area contributed by atoms with Crippen molar-refractivity contribution in [3.05, 3.63) is 58.8 Å². The van der Waals surface area contributed by atoms with Gasteiger partial charge in [0.1, 0.15) is 11.5 Å². The molecule has 2 aromatic carbocycles. The molecule has 0 aliphatic carbocycles. The summed E-state index contributed by atoms with van der Waals surface area (Å²) < 4.78 is 37.6. The van der Waals surface area contributed by atoms with Crippen LogP contribution >= 0.6 is 0 Å². The Morgan fingerprint density at radius 3 is 2.77 bits per heavy atom. The number of H-pyrrole nitrogens is 1. The second-order valence-electron chi connectivity index (χ2n) is 7.47. The van der Waals surface area contributed by atoms with Gasteiger partial charge in [0.05, 0.1) is 25.8 Å². The molecule has 1 atom stereocenters. The van der Waals surface area contributed by atoms with Gasteiger partial charge in [-0.05, 0) is 66.3 Å². The maximum atomic E-state index is 13.6. The maximum Gasteiger partial charge on any atom is 0.267 e. The lowest BCUT2D eigenvalue weighted by atomic mass is 9.87. The standard InChI is InChI=1S/C23H24F2N2O3/c1-29-16-4-5-20-17(10-16)15(12-26-20)3-6-21-18-11-19(23(24)25)22(30-2)9-14(18)7-8-27(21)13-28/h4-5,9-13,21,23,26H,3,6-8H2,1-2H3. The number of halogens is 2. The van der Waals surface area contributed by atoms with E-state index in [4.69, 9.17) is 9.47 Å². The largest absolute Gasteiger partial charge is 0.497 e. The van der Waals surface area contributed by atoms with E-state index in [1.807, 2.05) is 24.4 Å². The second kappa shape index (κ2) is 8.34. The van der Waals surface area contributed by atoms with Gasteiger partial charge >= 0.3 is 0 Å². The number of aromatic nitrogens is 1. The third-order valence-electron chi connectivity index (χ3n) is 5.92. The van der Waals surface area contributed by atoms with Crippen molar-refractivity contribution in [2.24, 2.45) is 0 Å². The van der Waals surface area contributed by atoms with Gasteiger partial charge in [-0.15, -0.1) is 0 Å². The van der Waals surface area contributed by atoms with Crippen LogP contribution in [0.15, 0.2) is 36.5 Å². The predicted octanol–water partition coefficient (Wildman–Crippen LogP) is 4.81. The molecule has 1 unspecified atom stereocenters. The van der Waals surface area contributed by atoms with Crippen molar-refractivity contribution in [1.82, 2.24) is 9.88 Å². The van der Waals surface area contributed by atoms with Crippen LogP contribution in [-0.4, -0.2) is 37.1 Å². The van der Waals surface area contributed by atoms with Crippen LogP contribution in [0.25, 0.3) is 10.9 Å². The highest BCUT2D eigenvalue weighted by atomic mass is 19.3. The van der Waals surface area contributed by atoms with Crippen molar-refractivity contribution in [3.8, 4) is 11.5 Å². The van der Waals surface area contributed by atoms with Crippen molar-refractivity contribution in [2.45, 2.75) is 31.7 Å². The van der Waals surface area contributed by atoms with E-state index in [-0.39, 0.29) is 17.4 Å². The number of carbonyl (C=O) groups excluding carboxylic acids is 1. The molecule has 30 heavy (non-hydrogen) atoms. The van der Waals surface area contributed by atoms with Gasteiger partial charge in [-0.2, -0.15) is 0 Å². The number of hydrogen-bond acceptors (Lipinski definition) is 3. The summed E-state index contributed by atoms with van der Waals surface area (Å²) in [6, 6.07) is 8.79. The predicted molar refractivity (Wildman–Crippen MR) is 110 cm³/mol. The Morgan fingerprint density at radius 1 is 1.23 bits per heavy atom. The van der Waals surface area contributed by atoms with Crippen molar-refractivity contribution in [3.63, 3.8) is 0 Å². The van der Waals surface area contributed by atoms with E-state index >= 15 is 0 Å². The topological polar surface area (TPSA) is 54.6 Å². The third kappa shape index (κ3) is 3.60. The number of carbonyl (C=O) groups is 1. The molecule has 0 fully saturated rings. The van der Waals surface area contributed by atoms with E-state index in [1.54, 1.807) is 18.1 Å². The smallest absolute Gasteiger partial charge is 0.267 e. The van der Waals surface area contributed by atoms with Crippen LogP contribution in [0.5, 0.6) is 11.5 Å². The Hall–Kier alpha value is -3.09. The molecule has 1 amide bonds. The molecule has 0 spiro atoms. The number of rotatable bonds is 7. The van der Waals surface area contributed by atoms with Crippen molar-refractivity contribution >= 4 is 17.3 Å². The summed E-state index contributed by atoms with van der Waals surface area (Å²) in [5, 5.41) is 1.06. The lowest BCUT2D eigenvalue weighted by molar-refractivity contribution is -0.120. The normalized spacial score (nSPS) is 16.0. The van der Waals surface area contributed by atoms with Gasteiger partial charge in [-0.1, -0.05) is 0 Å². The molecule has 158 valence electrons. The van der Waals surface area contributed by atoms with Crippen molar-refractivity contribution < 1.29 is 23.0 Å². The zero-order valence-corrected chi connectivity index (χ0v) is 17.0. The van der Waals surface area contributed by atoms with Gasteiger partial charge < -0.3 is 19.4 Å². The maximum absolute atomic E-state index is 13.6. The molecule has 1 aromatic heterocycles. The molecule has 1 N–H and O–H groups in total.